The summed E-state index contributed by atoms with van der Waals surface area (Å²) in [5, 5.41) is 22.2. The van der Waals surface area contributed by atoms with E-state index < -0.39 is 11.6 Å². The standard InChI is InChI=1S/C19H22N2O3/c1-19(13-22)11-17(23)12-21(19)18(24)20-16-9-7-15(8-10-16)14-5-3-2-4-6-14/h2-10,17,22-23H,11-13H2,1H3,(H,20,24). The number of aliphatic hydroxyl groups is 2. The lowest BCUT2D eigenvalue weighted by Crippen LogP contribution is -2.49. The van der Waals surface area contributed by atoms with Crippen LogP contribution >= 0.6 is 0 Å². The Morgan fingerprint density at radius 3 is 2.42 bits per heavy atom. The number of β-amino-alcohol motifs (C(OH)–C–C–N with tert-alkyl or cyclic N) is 1. The van der Waals surface area contributed by atoms with Gasteiger partial charge in [-0.2, -0.15) is 0 Å². The van der Waals surface area contributed by atoms with E-state index in [-0.39, 0.29) is 19.2 Å². The Bertz CT molecular complexity index is 702. The molecule has 2 unspecified atom stereocenters. The summed E-state index contributed by atoms with van der Waals surface area (Å²) in [4.78, 5) is 14.0. The maximum absolute atomic E-state index is 12.5. The van der Waals surface area contributed by atoms with Crippen LogP contribution in [-0.2, 0) is 0 Å². The third kappa shape index (κ3) is 3.27. The van der Waals surface area contributed by atoms with Crippen LogP contribution in [-0.4, -0.2) is 45.9 Å². The second-order valence-electron chi connectivity index (χ2n) is 6.50. The van der Waals surface area contributed by atoms with Crippen LogP contribution in [0.4, 0.5) is 10.5 Å². The second-order valence-corrected chi connectivity index (χ2v) is 6.50. The zero-order valence-corrected chi connectivity index (χ0v) is 13.6. The lowest BCUT2D eigenvalue weighted by Gasteiger charge is -2.33. The quantitative estimate of drug-likeness (QED) is 0.812. The summed E-state index contributed by atoms with van der Waals surface area (Å²) >= 11 is 0. The molecule has 1 saturated heterocycles. The van der Waals surface area contributed by atoms with E-state index in [1.807, 2.05) is 54.6 Å². The van der Waals surface area contributed by atoms with Gasteiger partial charge in [0.15, 0.2) is 0 Å². The van der Waals surface area contributed by atoms with Crippen molar-refractivity contribution in [3.63, 3.8) is 0 Å². The Balaban J connectivity index is 1.71. The smallest absolute Gasteiger partial charge is 0.322 e. The molecule has 5 heteroatoms. The summed E-state index contributed by atoms with van der Waals surface area (Å²) < 4.78 is 0. The molecule has 2 aromatic carbocycles. The van der Waals surface area contributed by atoms with Gasteiger partial charge < -0.3 is 20.4 Å². The molecule has 2 amide bonds. The largest absolute Gasteiger partial charge is 0.394 e. The van der Waals surface area contributed by atoms with Crippen LogP contribution in [0.25, 0.3) is 11.1 Å². The van der Waals surface area contributed by atoms with Gasteiger partial charge in [0.1, 0.15) is 0 Å². The molecular formula is C19H22N2O3. The molecule has 1 fully saturated rings. The van der Waals surface area contributed by atoms with Gasteiger partial charge in [0.25, 0.3) is 0 Å². The fourth-order valence-electron chi connectivity index (χ4n) is 3.16. The third-order valence-electron chi connectivity index (χ3n) is 4.55. The van der Waals surface area contributed by atoms with E-state index in [2.05, 4.69) is 5.32 Å². The van der Waals surface area contributed by atoms with Gasteiger partial charge in [-0.05, 0) is 30.2 Å². The molecule has 0 aromatic heterocycles. The highest BCUT2D eigenvalue weighted by Gasteiger charge is 2.43. The molecule has 2 atom stereocenters. The molecule has 0 saturated carbocycles. The van der Waals surface area contributed by atoms with Gasteiger partial charge in [0.05, 0.1) is 18.2 Å². The highest BCUT2D eigenvalue weighted by Crippen LogP contribution is 2.29. The molecule has 0 bridgehead atoms. The average molecular weight is 326 g/mol. The number of rotatable bonds is 3. The summed E-state index contributed by atoms with van der Waals surface area (Å²) in [6.45, 7) is 1.83. The Morgan fingerprint density at radius 2 is 1.79 bits per heavy atom. The van der Waals surface area contributed by atoms with Crippen LogP contribution in [0.5, 0.6) is 0 Å². The molecule has 1 heterocycles. The van der Waals surface area contributed by atoms with Gasteiger partial charge in [0.2, 0.25) is 0 Å². The number of hydrogen-bond donors (Lipinski definition) is 3. The van der Waals surface area contributed by atoms with Gasteiger partial charge in [-0.25, -0.2) is 4.79 Å². The summed E-state index contributed by atoms with van der Waals surface area (Å²) in [5.41, 5.74) is 2.14. The van der Waals surface area contributed by atoms with Crippen molar-refractivity contribution in [2.45, 2.75) is 25.0 Å². The maximum Gasteiger partial charge on any atom is 0.322 e. The first-order chi connectivity index (χ1) is 11.5. The number of likely N-dealkylation sites (tertiary alicyclic amines) is 1. The summed E-state index contributed by atoms with van der Waals surface area (Å²) in [6, 6.07) is 17.3. The SMILES string of the molecule is CC1(CO)CC(O)CN1C(=O)Nc1ccc(-c2ccccc2)cc1. The van der Waals surface area contributed by atoms with Crippen molar-refractivity contribution in [2.24, 2.45) is 0 Å². The van der Waals surface area contributed by atoms with Crippen LogP contribution in [0.15, 0.2) is 54.6 Å². The van der Waals surface area contributed by atoms with Crippen molar-refractivity contribution >= 4 is 11.7 Å². The van der Waals surface area contributed by atoms with Gasteiger partial charge in [-0.15, -0.1) is 0 Å². The number of nitrogens with zero attached hydrogens (tertiary/aromatic N) is 1. The molecule has 3 rings (SSSR count). The number of urea groups is 1. The summed E-state index contributed by atoms with van der Waals surface area (Å²) in [6.07, 6.45) is -0.225. The van der Waals surface area contributed by atoms with Crippen LogP contribution in [0.1, 0.15) is 13.3 Å². The summed E-state index contributed by atoms with van der Waals surface area (Å²) in [7, 11) is 0. The molecule has 1 aliphatic rings. The maximum atomic E-state index is 12.5. The van der Waals surface area contributed by atoms with Gasteiger partial charge in [-0.1, -0.05) is 42.5 Å². The van der Waals surface area contributed by atoms with Gasteiger partial charge in [0, 0.05) is 18.7 Å². The summed E-state index contributed by atoms with van der Waals surface area (Å²) in [5.74, 6) is 0. The van der Waals surface area contributed by atoms with E-state index >= 15 is 0 Å². The number of anilines is 1. The number of nitrogens with one attached hydrogen (secondary N) is 1. The van der Waals surface area contributed by atoms with Crippen molar-refractivity contribution in [1.29, 1.82) is 0 Å². The minimum atomic E-state index is -0.729. The molecule has 24 heavy (non-hydrogen) atoms. The van der Waals surface area contributed by atoms with Crippen molar-refractivity contribution in [2.75, 3.05) is 18.5 Å². The van der Waals surface area contributed by atoms with Crippen LogP contribution in [0.3, 0.4) is 0 Å². The fraction of sp³-hybridized carbons (Fsp3) is 0.316. The van der Waals surface area contributed by atoms with E-state index in [9.17, 15) is 15.0 Å². The molecule has 3 N–H and O–H groups in total. The third-order valence-corrected chi connectivity index (χ3v) is 4.55. The van der Waals surface area contributed by atoms with E-state index in [1.165, 1.54) is 4.90 Å². The number of benzene rings is 2. The minimum absolute atomic E-state index is 0.176. The normalized spacial score (nSPS) is 23.3. The number of hydrogen-bond acceptors (Lipinski definition) is 3. The molecule has 2 aromatic rings. The van der Waals surface area contributed by atoms with Gasteiger partial charge in [-0.3, -0.25) is 0 Å². The van der Waals surface area contributed by atoms with Crippen molar-refractivity contribution < 1.29 is 15.0 Å². The first kappa shape index (κ1) is 16.5. The minimum Gasteiger partial charge on any atom is -0.394 e. The Kier molecular flexibility index (Phi) is 4.55. The Morgan fingerprint density at radius 1 is 1.17 bits per heavy atom. The molecule has 0 radical (unpaired) electrons. The van der Waals surface area contributed by atoms with E-state index in [0.717, 1.165) is 11.1 Å². The van der Waals surface area contributed by atoms with Gasteiger partial charge >= 0.3 is 6.03 Å². The number of carbonyl (C=O) groups is 1. The van der Waals surface area contributed by atoms with Crippen LogP contribution < -0.4 is 5.32 Å². The van der Waals surface area contributed by atoms with Crippen LogP contribution in [0.2, 0.25) is 0 Å². The first-order valence-corrected chi connectivity index (χ1v) is 8.05. The first-order valence-electron chi connectivity index (χ1n) is 8.05. The highest BCUT2D eigenvalue weighted by molar-refractivity contribution is 5.90. The molecular weight excluding hydrogens is 304 g/mol. The Labute approximate surface area is 141 Å². The Hall–Kier alpha value is -2.37. The lowest BCUT2D eigenvalue weighted by molar-refractivity contribution is 0.103. The predicted octanol–water partition coefficient (Wildman–Crippen LogP) is 2.70. The van der Waals surface area contributed by atoms with Crippen molar-refractivity contribution in [3.05, 3.63) is 54.6 Å². The zero-order valence-electron chi connectivity index (χ0n) is 13.6. The van der Waals surface area contributed by atoms with Crippen molar-refractivity contribution in [3.8, 4) is 11.1 Å². The topological polar surface area (TPSA) is 72.8 Å². The molecule has 0 spiro atoms. The highest BCUT2D eigenvalue weighted by atomic mass is 16.3. The van der Waals surface area contributed by atoms with E-state index in [1.54, 1.807) is 6.92 Å². The molecule has 0 aliphatic carbocycles. The fourth-order valence-corrected chi connectivity index (χ4v) is 3.16. The second kappa shape index (κ2) is 6.63. The van der Waals surface area contributed by atoms with E-state index in [0.29, 0.717) is 12.1 Å². The monoisotopic (exact) mass is 326 g/mol. The predicted molar refractivity (Wildman–Crippen MR) is 93.7 cm³/mol. The van der Waals surface area contributed by atoms with Crippen LogP contribution in [0, 0.1) is 0 Å². The number of aliphatic hydroxyl groups excluding tert-OH is 2. The average Bonchev–Trinajstić information content (AvgIpc) is 2.92. The number of carbonyl (C=O) groups excluding carboxylic acids is 1. The molecule has 1 aliphatic heterocycles. The number of amides is 2. The molecule has 5 nitrogen and oxygen atoms in total. The van der Waals surface area contributed by atoms with Crippen molar-refractivity contribution in [1.82, 2.24) is 4.90 Å². The lowest BCUT2D eigenvalue weighted by atomic mass is 10.00. The zero-order chi connectivity index (χ0) is 17.2. The van der Waals surface area contributed by atoms with E-state index in [4.69, 9.17) is 0 Å². The molecule has 126 valence electrons.